The topological polar surface area (TPSA) is 64.3 Å². The van der Waals surface area contributed by atoms with Crippen LogP contribution in [0.5, 0.6) is 0 Å². The molecule has 0 bridgehead atoms. The van der Waals surface area contributed by atoms with Crippen molar-refractivity contribution < 1.29 is 8.42 Å². The lowest BCUT2D eigenvalue weighted by atomic mass is 10.1. The predicted octanol–water partition coefficient (Wildman–Crippen LogP) is 1.60. The zero-order valence-electron chi connectivity index (χ0n) is 10.1. The maximum absolute atomic E-state index is 11.4. The van der Waals surface area contributed by atoms with Gasteiger partial charge in [-0.15, -0.1) is 5.10 Å². The number of hydrogen-bond acceptors (Lipinski definition) is 4. The molecule has 0 aliphatic carbocycles. The lowest BCUT2D eigenvalue weighted by Gasteiger charge is -2.04. The number of sulfone groups is 1. The fourth-order valence-electron chi connectivity index (χ4n) is 1.91. The van der Waals surface area contributed by atoms with Crippen LogP contribution in [0, 0.1) is 6.33 Å². The van der Waals surface area contributed by atoms with Gasteiger partial charge >= 0.3 is 0 Å². The van der Waals surface area contributed by atoms with Crippen molar-refractivity contribution in [1.29, 1.82) is 0 Å². The Morgan fingerprint density at radius 2 is 1.89 bits per heavy atom. The Hall–Kier alpha value is -2.21. The van der Waals surface area contributed by atoms with Crippen LogP contribution in [0.15, 0.2) is 47.5 Å². The summed E-state index contributed by atoms with van der Waals surface area (Å²) in [5.41, 5.74) is 2.46. The van der Waals surface area contributed by atoms with Crippen molar-refractivity contribution in [2.45, 2.75) is 4.90 Å². The fraction of sp³-hybridized carbons (Fsp3) is 0.0769. The Balaban J connectivity index is 2.15. The zero-order chi connectivity index (χ0) is 13.5. The first kappa shape index (κ1) is 11.9. The first-order valence-electron chi connectivity index (χ1n) is 5.58. The highest BCUT2D eigenvalue weighted by Crippen LogP contribution is 2.24. The molecule has 0 aliphatic rings. The molecule has 0 aliphatic heterocycles. The molecule has 0 fully saturated rings. The number of pyridine rings is 1. The predicted molar refractivity (Wildman–Crippen MR) is 70.4 cm³/mol. The second-order valence-corrected chi connectivity index (χ2v) is 6.21. The number of aromatic nitrogens is 3. The maximum atomic E-state index is 11.4. The lowest BCUT2D eigenvalue weighted by molar-refractivity contribution is 0.602. The van der Waals surface area contributed by atoms with E-state index in [4.69, 9.17) is 0 Å². The molecular weight excluding hydrogens is 262 g/mol. The van der Waals surface area contributed by atoms with E-state index in [1.807, 2.05) is 12.1 Å². The van der Waals surface area contributed by atoms with Gasteiger partial charge in [0.15, 0.2) is 15.5 Å². The average Bonchev–Trinajstić information content (AvgIpc) is 2.86. The van der Waals surface area contributed by atoms with Crippen LogP contribution in [0.3, 0.4) is 0 Å². The standard InChI is InChI=1S/C13H10N3O2S/c1-19(17,18)11-6-4-10(5-7-11)12-3-2-8-16-13(12)14-9-15-16/h2-8H,1H3. The van der Waals surface area contributed by atoms with E-state index in [2.05, 4.69) is 16.4 Å². The van der Waals surface area contributed by atoms with Gasteiger partial charge in [0, 0.05) is 18.0 Å². The molecule has 1 radical (unpaired) electrons. The summed E-state index contributed by atoms with van der Waals surface area (Å²) in [4.78, 5) is 4.38. The summed E-state index contributed by atoms with van der Waals surface area (Å²) >= 11 is 0. The monoisotopic (exact) mass is 272 g/mol. The van der Waals surface area contributed by atoms with Crippen molar-refractivity contribution in [3.05, 3.63) is 48.9 Å². The minimum Gasteiger partial charge on any atom is -0.224 e. The second kappa shape index (κ2) is 4.17. The van der Waals surface area contributed by atoms with Crippen LogP contribution in [-0.4, -0.2) is 29.3 Å². The molecule has 0 unspecified atom stereocenters. The van der Waals surface area contributed by atoms with E-state index in [0.717, 1.165) is 11.1 Å². The Bertz CT molecular complexity index is 836. The third kappa shape index (κ3) is 2.10. The quantitative estimate of drug-likeness (QED) is 0.710. The molecule has 3 rings (SSSR count). The summed E-state index contributed by atoms with van der Waals surface area (Å²) in [6.07, 6.45) is 5.53. The van der Waals surface area contributed by atoms with Gasteiger partial charge in [0.2, 0.25) is 6.33 Å². The highest BCUT2D eigenvalue weighted by Gasteiger charge is 2.09. The van der Waals surface area contributed by atoms with Crippen molar-refractivity contribution in [1.82, 2.24) is 14.6 Å². The molecule has 6 heteroatoms. The normalized spacial score (nSPS) is 11.8. The minimum atomic E-state index is -3.17. The van der Waals surface area contributed by atoms with Crippen molar-refractivity contribution in [2.75, 3.05) is 6.26 Å². The number of rotatable bonds is 2. The Morgan fingerprint density at radius 1 is 1.16 bits per heavy atom. The lowest BCUT2D eigenvalue weighted by Crippen LogP contribution is -1.96. The maximum Gasteiger partial charge on any atom is 0.221 e. The molecule has 2 heterocycles. The van der Waals surface area contributed by atoms with Crippen LogP contribution < -0.4 is 0 Å². The van der Waals surface area contributed by atoms with Gasteiger partial charge < -0.3 is 0 Å². The Kier molecular flexibility index (Phi) is 2.60. The van der Waals surface area contributed by atoms with Gasteiger partial charge in [-0.3, -0.25) is 0 Å². The molecule has 0 N–H and O–H groups in total. The van der Waals surface area contributed by atoms with Gasteiger partial charge in [-0.25, -0.2) is 17.9 Å². The number of benzene rings is 1. The molecule has 0 saturated heterocycles. The van der Waals surface area contributed by atoms with Crippen LogP contribution in [0.2, 0.25) is 0 Å². The smallest absolute Gasteiger partial charge is 0.221 e. The number of nitrogens with zero attached hydrogens (tertiary/aromatic N) is 3. The molecule has 95 valence electrons. The molecule has 0 amide bonds. The largest absolute Gasteiger partial charge is 0.224 e. The van der Waals surface area contributed by atoms with Crippen LogP contribution in [-0.2, 0) is 9.84 Å². The van der Waals surface area contributed by atoms with E-state index in [1.54, 1.807) is 35.0 Å². The molecule has 2 aromatic heterocycles. The third-order valence-electron chi connectivity index (χ3n) is 2.85. The van der Waals surface area contributed by atoms with E-state index < -0.39 is 9.84 Å². The van der Waals surface area contributed by atoms with Crippen molar-refractivity contribution in [2.24, 2.45) is 0 Å². The molecule has 0 saturated carbocycles. The SMILES string of the molecule is CS(=O)(=O)c1ccc(-c2cccn3n[c]nc23)cc1. The summed E-state index contributed by atoms with van der Waals surface area (Å²) in [5.74, 6) is 0. The van der Waals surface area contributed by atoms with Crippen molar-refractivity contribution in [3.63, 3.8) is 0 Å². The molecule has 3 aromatic rings. The summed E-state index contributed by atoms with van der Waals surface area (Å²) in [6, 6.07) is 10.5. The molecular formula is C13H10N3O2S. The molecule has 5 nitrogen and oxygen atoms in total. The van der Waals surface area contributed by atoms with Gasteiger partial charge in [-0.2, -0.15) is 0 Å². The van der Waals surface area contributed by atoms with E-state index in [0.29, 0.717) is 10.5 Å². The van der Waals surface area contributed by atoms with Gasteiger partial charge in [-0.05, 0) is 29.8 Å². The van der Waals surface area contributed by atoms with E-state index in [1.165, 1.54) is 6.26 Å². The zero-order valence-corrected chi connectivity index (χ0v) is 10.9. The summed E-state index contributed by atoms with van der Waals surface area (Å²) in [5, 5.41) is 3.95. The first-order valence-corrected chi connectivity index (χ1v) is 7.47. The van der Waals surface area contributed by atoms with Crippen molar-refractivity contribution >= 4 is 15.5 Å². The van der Waals surface area contributed by atoms with Crippen LogP contribution in [0.4, 0.5) is 0 Å². The summed E-state index contributed by atoms with van der Waals surface area (Å²) in [7, 11) is -3.17. The Morgan fingerprint density at radius 3 is 2.58 bits per heavy atom. The summed E-state index contributed by atoms with van der Waals surface area (Å²) in [6.45, 7) is 0. The van der Waals surface area contributed by atoms with E-state index >= 15 is 0 Å². The van der Waals surface area contributed by atoms with Gasteiger partial charge in [0.05, 0.1) is 4.90 Å². The molecule has 0 spiro atoms. The summed E-state index contributed by atoms with van der Waals surface area (Å²) < 4.78 is 24.5. The van der Waals surface area contributed by atoms with E-state index in [9.17, 15) is 8.42 Å². The van der Waals surface area contributed by atoms with Gasteiger partial charge in [0.1, 0.15) is 0 Å². The minimum absolute atomic E-state index is 0.302. The van der Waals surface area contributed by atoms with Crippen LogP contribution >= 0.6 is 0 Å². The third-order valence-corrected chi connectivity index (χ3v) is 3.98. The van der Waals surface area contributed by atoms with Crippen LogP contribution in [0.1, 0.15) is 0 Å². The number of hydrogen-bond donors (Lipinski definition) is 0. The molecule has 19 heavy (non-hydrogen) atoms. The highest BCUT2D eigenvalue weighted by molar-refractivity contribution is 7.90. The van der Waals surface area contributed by atoms with Crippen LogP contribution in [0.25, 0.3) is 16.8 Å². The fourth-order valence-corrected chi connectivity index (χ4v) is 2.54. The molecule has 1 aromatic carbocycles. The van der Waals surface area contributed by atoms with Gasteiger partial charge in [0.25, 0.3) is 0 Å². The van der Waals surface area contributed by atoms with Gasteiger partial charge in [-0.1, -0.05) is 12.1 Å². The first-order chi connectivity index (χ1) is 9.05. The second-order valence-electron chi connectivity index (χ2n) is 4.20. The van der Waals surface area contributed by atoms with E-state index in [-0.39, 0.29) is 0 Å². The highest BCUT2D eigenvalue weighted by atomic mass is 32.2. The number of fused-ring (bicyclic) bond motifs is 1. The Labute approximate surface area is 110 Å². The van der Waals surface area contributed by atoms with Crippen molar-refractivity contribution in [3.8, 4) is 11.1 Å². The molecule has 0 atom stereocenters. The average molecular weight is 272 g/mol.